The Morgan fingerprint density at radius 1 is 1.47 bits per heavy atom. The van der Waals surface area contributed by atoms with Crippen LogP contribution in [0.1, 0.15) is 17.6 Å². The predicted octanol–water partition coefficient (Wildman–Crippen LogP) is -0.163. The Labute approximate surface area is 108 Å². The zero-order valence-electron chi connectivity index (χ0n) is 10.0. The van der Waals surface area contributed by atoms with Crippen LogP contribution in [-0.4, -0.2) is 44.2 Å². The number of aromatic nitrogens is 4. The molecule has 0 aliphatic carbocycles. The van der Waals surface area contributed by atoms with E-state index in [1.165, 1.54) is 0 Å². The second-order valence-corrected chi connectivity index (χ2v) is 4.61. The van der Waals surface area contributed by atoms with Crippen LogP contribution in [0.4, 0.5) is 0 Å². The molecule has 0 aromatic carbocycles. The zero-order chi connectivity index (χ0) is 12.9. The van der Waals surface area contributed by atoms with Gasteiger partial charge in [0, 0.05) is 6.20 Å². The Morgan fingerprint density at radius 3 is 3.05 bits per heavy atom. The molecular formula is C12H12N4O3. The molecule has 7 nitrogen and oxygen atoms in total. The summed E-state index contributed by atoms with van der Waals surface area (Å²) in [5.74, 6) is -0.191. The molecule has 2 aromatic rings. The van der Waals surface area contributed by atoms with Gasteiger partial charge in [0.05, 0.1) is 13.2 Å². The van der Waals surface area contributed by atoms with Crippen LogP contribution >= 0.6 is 0 Å². The third-order valence-electron chi connectivity index (χ3n) is 3.47. The average molecular weight is 260 g/mol. The summed E-state index contributed by atoms with van der Waals surface area (Å²) in [6.07, 6.45) is 2.99. The maximum atomic E-state index is 9.25. The minimum Gasteiger partial charge on any atom is -0.394 e. The highest BCUT2D eigenvalue weighted by atomic mass is 16.8. The lowest BCUT2D eigenvalue weighted by Gasteiger charge is -2.26. The van der Waals surface area contributed by atoms with Crippen LogP contribution in [0.15, 0.2) is 30.7 Å². The van der Waals surface area contributed by atoms with Crippen molar-refractivity contribution in [1.29, 1.82) is 0 Å². The Morgan fingerprint density at radius 2 is 2.42 bits per heavy atom. The van der Waals surface area contributed by atoms with Crippen molar-refractivity contribution in [3.8, 4) is 0 Å². The molecule has 1 saturated heterocycles. The summed E-state index contributed by atoms with van der Waals surface area (Å²) in [7, 11) is 0. The van der Waals surface area contributed by atoms with E-state index < -0.39 is 5.79 Å². The zero-order valence-corrected chi connectivity index (χ0v) is 10.0. The van der Waals surface area contributed by atoms with E-state index in [2.05, 4.69) is 15.2 Å². The van der Waals surface area contributed by atoms with Crippen molar-refractivity contribution in [3.05, 3.63) is 42.2 Å². The summed E-state index contributed by atoms with van der Waals surface area (Å²) in [6, 6.07) is 5.43. The number of aliphatic hydroxyl groups excluding tert-OH is 1. The first-order chi connectivity index (χ1) is 9.35. The van der Waals surface area contributed by atoms with Gasteiger partial charge in [-0.15, -0.1) is 10.2 Å². The van der Waals surface area contributed by atoms with Gasteiger partial charge in [-0.3, -0.25) is 9.55 Å². The molecular weight excluding hydrogens is 248 g/mol. The number of ether oxygens (including phenoxy) is 2. The van der Waals surface area contributed by atoms with Gasteiger partial charge < -0.3 is 14.6 Å². The van der Waals surface area contributed by atoms with Gasteiger partial charge in [0.1, 0.15) is 18.1 Å². The molecule has 1 fully saturated rings. The maximum absolute atomic E-state index is 9.25. The van der Waals surface area contributed by atoms with Gasteiger partial charge in [-0.2, -0.15) is 0 Å². The Bertz CT molecular complexity index is 584. The molecule has 19 heavy (non-hydrogen) atoms. The molecule has 0 unspecified atom stereocenters. The molecule has 98 valence electrons. The third kappa shape index (κ3) is 1.46. The van der Waals surface area contributed by atoms with Crippen molar-refractivity contribution in [1.82, 2.24) is 19.7 Å². The van der Waals surface area contributed by atoms with Crippen LogP contribution in [0.5, 0.6) is 0 Å². The van der Waals surface area contributed by atoms with Gasteiger partial charge in [0.2, 0.25) is 5.79 Å². The molecule has 2 aliphatic rings. The molecule has 0 saturated carbocycles. The van der Waals surface area contributed by atoms with Crippen molar-refractivity contribution < 1.29 is 14.6 Å². The van der Waals surface area contributed by atoms with E-state index >= 15 is 0 Å². The number of fused-ring (bicyclic) bond motifs is 1. The first-order valence-electron chi connectivity index (χ1n) is 6.08. The van der Waals surface area contributed by atoms with Crippen LogP contribution < -0.4 is 0 Å². The van der Waals surface area contributed by atoms with Gasteiger partial charge in [-0.25, -0.2) is 0 Å². The van der Waals surface area contributed by atoms with Crippen LogP contribution in [0, 0.1) is 0 Å². The highest BCUT2D eigenvalue weighted by Crippen LogP contribution is 2.52. The van der Waals surface area contributed by atoms with Gasteiger partial charge in [-0.05, 0) is 12.1 Å². The lowest BCUT2D eigenvalue weighted by atomic mass is 10.1. The maximum Gasteiger partial charge on any atom is 0.242 e. The van der Waals surface area contributed by atoms with Crippen molar-refractivity contribution in [2.24, 2.45) is 0 Å². The summed E-state index contributed by atoms with van der Waals surface area (Å²) in [4.78, 5) is 4.33. The van der Waals surface area contributed by atoms with E-state index in [0.29, 0.717) is 12.3 Å². The van der Waals surface area contributed by atoms with E-state index in [1.54, 1.807) is 12.5 Å². The fraction of sp³-hybridized carbons (Fsp3) is 0.417. The normalized spacial score (nSPS) is 32.3. The molecule has 4 rings (SSSR count). The molecule has 2 aromatic heterocycles. The highest BCUT2D eigenvalue weighted by molar-refractivity contribution is 5.27. The van der Waals surface area contributed by atoms with Crippen LogP contribution in [0.3, 0.4) is 0 Å². The number of nitrogens with zero attached hydrogens (tertiary/aromatic N) is 4. The fourth-order valence-electron chi connectivity index (χ4n) is 2.53. The van der Waals surface area contributed by atoms with Crippen molar-refractivity contribution >= 4 is 0 Å². The summed E-state index contributed by atoms with van der Waals surface area (Å²) in [5, 5.41) is 17.1. The summed E-state index contributed by atoms with van der Waals surface area (Å²) in [5.41, 5.74) is 0.682. The minimum atomic E-state index is -1.00. The number of pyridine rings is 1. The molecule has 0 spiro atoms. The fourth-order valence-corrected chi connectivity index (χ4v) is 2.53. The van der Waals surface area contributed by atoms with Crippen molar-refractivity contribution in [2.75, 3.05) is 13.2 Å². The minimum absolute atomic E-state index is 0.0815. The van der Waals surface area contributed by atoms with E-state index in [9.17, 15) is 5.11 Å². The molecule has 0 radical (unpaired) electrons. The Balaban J connectivity index is 1.75. The van der Waals surface area contributed by atoms with E-state index in [4.69, 9.17) is 9.47 Å². The molecule has 1 N–H and O–H groups in total. The topological polar surface area (TPSA) is 82.3 Å². The van der Waals surface area contributed by atoms with Gasteiger partial charge in [0.15, 0.2) is 11.9 Å². The van der Waals surface area contributed by atoms with Crippen LogP contribution in [-0.2, 0) is 15.3 Å². The van der Waals surface area contributed by atoms with E-state index in [-0.39, 0.29) is 18.8 Å². The van der Waals surface area contributed by atoms with Gasteiger partial charge >= 0.3 is 0 Å². The predicted molar refractivity (Wildman–Crippen MR) is 62.0 cm³/mol. The van der Waals surface area contributed by atoms with Crippen molar-refractivity contribution in [3.63, 3.8) is 0 Å². The summed E-state index contributed by atoms with van der Waals surface area (Å²) >= 11 is 0. The molecule has 4 heterocycles. The Kier molecular flexibility index (Phi) is 2.22. The first kappa shape index (κ1) is 11.0. The molecule has 7 heteroatoms. The third-order valence-corrected chi connectivity index (χ3v) is 3.47. The standard InChI is InChI=1S/C12H12N4O3/c17-5-8-6-18-12(19-8,9-3-1-2-4-13-9)10-11-15-14-7-16(10)11/h1-4,7-8,10,17H,5-6H2/t8-,10-,12+,16?/m1/s1. The lowest BCUT2D eigenvalue weighted by Crippen LogP contribution is -2.33. The number of hydrogen-bond donors (Lipinski definition) is 1. The van der Waals surface area contributed by atoms with Gasteiger partial charge in [0.25, 0.3) is 0 Å². The smallest absolute Gasteiger partial charge is 0.242 e. The quantitative estimate of drug-likeness (QED) is 0.825. The van der Waals surface area contributed by atoms with E-state index in [1.807, 2.05) is 22.8 Å². The van der Waals surface area contributed by atoms with Crippen LogP contribution in [0.25, 0.3) is 0 Å². The average Bonchev–Trinajstić information content (AvgIpc) is 2.87. The monoisotopic (exact) mass is 260 g/mol. The van der Waals surface area contributed by atoms with Crippen LogP contribution in [0.2, 0.25) is 0 Å². The molecule has 2 aliphatic heterocycles. The molecule has 0 amide bonds. The largest absolute Gasteiger partial charge is 0.394 e. The van der Waals surface area contributed by atoms with Crippen molar-refractivity contribution in [2.45, 2.75) is 17.9 Å². The number of hydrogen-bond acceptors (Lipinski definition) is 6. The number of rotatable bonds is 3. The SMILES string of the molecule is OC[C@@H]1CO[C@](c2ccccn2)([C@H]2c3nncn32)O1. The Hall–Kier alpha value is -1.83. The highest BCUT2D eigenvalue weighted by Gasteiger charge is 2.60. The lowest BCUT2D eigenvalue weighted by molar-refractivity contribution is -0.192. The number of aliphatic hydroxyl groups is 1. The first-order valence-corrected chi connectivity index (χ1v) is 6.08. The summed E-state index contributed by atoms with van der Waals surface area (Å²) < 4.78 is 13.7. The summed E-state index contributed by atoms with van der Waals surface area (Å²) in [6.45, 7) is 0.254. The van der Waals surface area contributed by atoms with E-state index in [0.717, 1.165) is 5.82 Å². The second-order valence-electron chi connectivity index (χ2n) is 4.61. The van der Waals surface area contributed by atoms with Gasteiger partial charge in [-0.1, -0.05) is 6.07 Å². The molecule has 0 bridgehead atoms. The molecule has 3 atom stereocenters. The second kappa shape index (κ2) is 3.83.